The minimum absolute atomic E-state index is 0.315. The fourth-order valence-electron chi connectivity index (χ4n) is 2.45. The Labute approximate surface area is 125 Å². The third-order valence-corrected chi connectivity index (χ3v) is 3.65. The van der Waals surface area contributed by atoms with E-state index >= 15 is 0 Å². The van der Waals surface area contributed by atoms with E-state index in [0.717, 1.165) is 44.6 Å². The molecule has 6 heteroatoms. The van der Waals surface area contributed by atoms with Crippen LogP contribution in [-0.4, -0.2) is 50.4 Å². The Morgan fingerprint density at radius 2 is 2.24 bits per heavy atom. The Hall–Kier alpha value is -1.66. The van der Waals surface area contributed by atoms with Gasteiger partial charge in [0.1, 0.15) is 5.69 Å². The number of aromatic nitrogens is 1. The number of hydrogen-bond acceptors (Lipinski definition) is 6. The number of pyridine rings is 1. The molecule has 1 saturated heterocycles. The highest BCUT2D eigenvalue weighted by molar-refractivity contribution is 5.88. The summed E-state index contributed by atoms with van der Waals surface area (Å²) in [5.74, 6) is -0.406. The van der Waals surface area contributed by atoms with Crippen molar-refractivity contribution in [2.75, 3.05) is 38.3 Å². The van der Waals surface area contributed by atoms with Gasteiger partial charge >= 0.3 is 5.97 Å². The average molecular weight is 293 g/mol. The highest BCUT2D eigenvalue weighted by Crippen LogP contribution is 2.22. The summed E-state index contributed by atoms with van der Waals surface area (Å²) in [5.41, 5.74) is 6.81. The van der Waals surface area contributed by atoms with Gasteiger partial charge in [0.15, 0.2) is 0 Å². The van der Waals surface area contributed by atoms with Gasteiger partial charge in [-0.3, -0.25) is 0 Å². The molecule has 0 saturated carbocycles. The first-order chi connectivity index (χ1) is 10.2. The normalized spacial score (nSPS) is 16.0. The predicted molar refractivity (Wildman–Crippen MR) is 80.4 cm³/mol. The van der Waals surface area contributed by atoms with Crippen LogP contribution in [0.25, 0.3) is 0 Å². The Morgan fingerprint density at radius 1 is 1.48 bits per heavy atom. The number of carbonyl (C=O) groups is 1. The number of hydrogen-bond donors (Lipinski definition) is 1. The van der Waals surface area contributed by atoms with Crippen molar-refractivity contribution in [3.05, 3.63) is 24.0 Å². The molecule has 2 heterocycles. The van der Waals surface area contributed by atoms with Crippen LogP contribution in [0.3, 0.4) is 0 Å². The van der Waals surface area contributed by atoms with Gasteiger partial charge in [0.05, 0.1) is 13.2 Å². The molecule has 1 aliphatic rings. The number of carbonyl (C=O) groups excluding carboxylic acids is 1. The highest BCUT2D eigenvalue weighted by atomic mass is 16.5. The lowest BCUT2D eigenvalue weighted by Crippen LogP contribution is -2.37. The Bertz CT molecular complexity index is 459. The van der Waals surface area contributed by atoms with Crippen molar-refractivity contribution in [1.29, 1.82) is 0 Å². The number of nitrogens with two attached hydrogens (primary N) is 1. The van der Waals surface area contributed by atoms with E-state index in [0.29, 0.717) is 18.3 Å². The molecule has 0 bridgehead atoms. The van der Waals surface area contributed by atoms with E-state index in [1.54, 1.807) is 12.3 Å². The fourth-order valence-corrected chi connectivity index (χ4v) is 2.45. The van der Waals surface area contributed by atoms with E-state index in [1.807, 2.05) is 6.07 Å². The van der Waals surface area contributed by atoms with E-state index in [4.69, 9.17) is 15.2 Å². The minimum Gasteiger partial charge on any atom is -0.464 e. The summed E-state index contributed by atoms with van der Waals surface area (Å²) in [6.07, 6.45) is 4.84. The SMILES string of the molecule is COC(=O)c1cc(N2CCC(OCCCN)CC2)ccn1. The van der Waals surface area contributed by atoms with Gasteiger partial charge in [-0.15, -0.1) is 0 Å². The average Bonchev–Trinajstić information content (AvgIpc) is 2.55. The van der Waals surface area contributed by atoms with Crippen LogP contribution in [0.15, 0.2) is 18.3 Å². The summed E-state index contributed by atoms with van der Waals surface area (Å²) in [7, 11) is 1.36. The molecule has 6 nitrogen and oxygen atoms in total. The molecule has 0 radical (unpaired) electrons. The molecular formula is C15H23N3O3. The van der Waals surface area contributed by atoms with Crippen LogP contribution in [0.5, 0.6) is 0 Å². The van der Waals surface area contributed by atoms with Crippen molar-refractivity contribution < 1.29 is 14.3 Å². The first-order valence-electron chi connectivity index (χ1n) is 7.35. The number of methoxy groups -OCH3 is 1. The van der Waals surface area contributed by atoms with Gasteiger partial charge in [0, 0.05) is 31.6 Å². The predicted octanol–water partition coefficient (Wildman–Crippen LogP) is 1.20. The summed E-state index contributed by atoms with van der Waals surface area (Å²) in [6, 6.07) is 3.70. The number of ether oxygens (including phenoxy) is 2. The van der Waals surface area contributed by atoms with Gasteiger partial charge in [-0.2, -0.15) is 0 Å². The van der Waals surface area contributed by atoms with E-state index in [-0.39, 0.29) is 0 Å². The molecular weight excluding hydrogens is 270 g/mol. The van der Waals surface area contributed by atoms with Crippen molar-refractivity contribution in [3.8, 4) is 0 Å². The lowest BCUT2D eigenvalue weighted by atomic mass is 10.1. The molecule has 0 aliphatic carbocycles. The van der Waals surface area contributed by atoms with Crippen molar-refractivity contribution in [1.82, 2.24) is 4.98 Å². The maximum atomic E-state index is 11.5. The topological polar surface area (TPSA) is 77.7 Å². The van der Waals surface area contributed by atoms with Gasteiger partial charge in [0.25, 0.3) is 0 Å². The summed E-state index contributed by atoms with van der Waals surface area (Å²) in [5, 5.41) is 0. The molecule has 0 amide bonds. The lowest BCUT2D eigenvalue weighted by molar-refractivity contribution is 0.0366. The first-order valence-corrected chi connectivity index (χ1v) is 7.35. The minimum atomic E-state index is -0.406. The first kappa shape index (κ1) is 15.7. The van der Waals surface area contributed by atoms with Crippen LogP contribution in [0.2, 0.25) is 0 Å². The second-order valence-electron chi connectivity index (χ2n) is 5.09. The van der Waals surface area contributed by atoms with Crippen LogP contribution in [0, 0.1) is 0 Å². The molecule has 21 heavy (non-hydrogen) atoms. The molecule has 2 N–H and O–H groups in total. The Kier molecular flexibility index (Phi) is 5.95. The monoisotopic (exact) mass is 293 g/mol. The number of rotatable bonds is 6. The molecule has 1 aliphatic heterocycles. The molecule has 0 atom stereocenters. The van der Waals surface area contributed by atoms with Gasteiger partial charge in [-0.1, -0.05) is 0 Å². The van der Waals surface area contributed by atoms with E-state index < -0.39 is 5.97 Å². The van der Waals surface area contributed by atoms with Crippen molar-refractivity contribution in [2.24, 2.45) is 5.73 Å². The van der Waals surface area contributed by atoms with Crippen LogP contribution in [-0.2, 0) is 9.47 Å². The zero-order valence-corrected chi connectivity index (χ0v) is 12.5. The van der Waals surface area contributed by atoms with Crippen molar-refractivity contribution in [2.45, 2.75) is 25.4 Å². The number of nitrogens with zero attached hydrogens (tertiary/aromatic N) is 2. The van der Waals surface area contributed by atoms with Gasteiger partial charge in [0.2, 0.25) is 0 Å². The van der Waals surface area contributed by atoms with E-state index in [9.17, 15) is 4.79 Å². The van der Waals surface area contributed by atoms with Crippen LogP contribution in [0.4, 0.5) is 5.69 Å². The van der Waals surface area contributed by atoms with E-state index in [2.05, 4.69) is 9.88 Å². The quantitative estimate of drug-likeness (QED) is 0.627. The second-order valence-corrected chi connectivity index (χ2v) is 5.09. The summed E-state index contributed by atoms with van der Waals surface area (Å²) >= 11 is 0. The molecule has 0 aromatic carbocycles. The standard InChI is InChI=1S/C15H23N3O3/c1-20-15(19)14-11-12(3-7-17-14)18-8-4-13(5-9-18)21-10-2-6-16/h3,7,11,13H,2,4-6,8-10,16H2,1H3. The Balaban J connectivity index is 1.88. The second kappa shape index (κ2) is 7.95. The van der Waals surface area contributed by atoms with E-state index in [1.165, 1.54) is 7.11 Å². The number of esters is 1. The maximum Gasteiger partial charge on any atom is 0.356 e. The smallest absolute Gasteiger partial charge is 0.356 e. The molecule has 1 aromatic rings. The van der Waals surface area contributed by atoms with Crippen molar-refractivity contribution in [3.63, 3.8) is 0 Å². The molecule has 1 aromatic heterocycles. The largest absolute Gasteiger partial charge is 0.464 e. The molecule has 2 rings (SSSR count). The maximum absolute atomic E-state index is 11.5. The zero-order valence-electron chi connectivity index (χ0n) is 12.5. The summed E-state index contributed by atoms with van der Waals surface area (Å²) in [6.45, 7) is 3.24. The summed E-state index contributed by atoms with van der Waals surface area (Å²) in [4.78, 5) is 17.8. The molecule has 0 spiro atoms. The van der Waals surface area contributed by atoms with Crippen LogP contribution in [0.1, 0.15) is 29.8 Å². The number of piperidine rings is 1. The van der Waals surface area contributed by atoms with Crippen molar-refractivity contribution >= 4 is 11.7 Å². The van der Waals surface area contributed by atoms with Gasteiger partial charge < -0.3 is 20.1 Å². The third-order valence-electron chi connectivity index (χ3n) is 3.65. The lowest BCUT2D eigenvalue weighted by Gasteiger charge is -2.33. The number of anilines is 1. The molecule has 0 unspecified atom stereocenters. The van der Waals surface area contributed by atoms with Crippen LogP contribution < -0.4 is 10.6 Å². The van der Waals surface area contributed by atoms with Gasteiger partial charge in [-0.25, -0.2) is 9.78 Å². The fraction of sp³-hybridized carbons (Fsp3) is 0.600. The zero-order chi connectivity index (χ0) is 15.1. The van der Waals surface area contributed by atoms with Gasteiger partial charge in [-0.05, 0) is 37.9 Å². The highest BCUT2D eigenvalue weighted by Gasteiger charge is 2.20. The summed E-state index contributed by atoms with van der Waals surface area (Å²) < 4.78 is 10.5. The Morgan fingerprint density at radius 3 is 2.90 bits per heavy atom. The molecule has 116 valence electrons. The molecule has 1 fully saturated rings. The third kappa shape index (κ3) is 4.41. The van der Waals surface area contributed by atoms with Crippen LogP contribution >= 0.6 is 0 Å².